The van der Waals surface area contributed by atoms with Gasteiger partial charge >= 0.3 is 5.97 Å². The monoisotopic (exact) mass is 607 g/mol. The van der Waals surface area contributed by atoms with Crippen molar-refractivity contribution in [2.24, 2.45) is 4.99 Å². The van der Waals surface area contributed by atoms with Crippen molar-refractivity contribution in [1.82, 2.24) is 4.57 Å². The first-order valence-electron chi connectivity index (χ1n) is 13.6. The third-order valence-electron chi connectivity index (χ3n) is 7.05. The molecular formula is C33H25N3O7S. The van der Waals surface area contributed by atoms with Crippen LogP contribution in [0.5, 0.6) is 5.75 Å². The summed E-state index contributed by atoms with van der Waals surface area (Å²) in [5.74, 6) is 0.898. The lowest BCUT2D eigenvalue weighted by Gasteiger charge is -2.26. The molecule has 0 bridgehead atoms. The van der Waals surface area contributed by atoms with Gasteiger partial charge in [0.1, 0.15) is 17.3 Å². The fraction of sp³-hybridized carbons (Fsp3) is 0.121. The van der Waals surface area contributed by atoms with Crippen molar-refractivity contribution in [2.45, 2.75) is 13.0 Å². The van der Waals surface area contributed by atoms with Crippen LogP contribution in [-0.4, -0.2) is 29.2 Å². The molecule has 6 rings (SSSR count). The van der Waals surface area contributed by atoms with Crippen LogP contribution in [-0.2, 0) is 9.53 Å². The molecule has 0 fully saturated rings. The maximum Gasteiger partial charge on any atom is 0.338 e. The Morgan fingerprint density at radius 2 is 1.82 bits per heavy atom. The minimum atomic E-state index is -0.843. The molecular weight excluding hydrogens is 582 g/mol. The lowest BCUT2D eigenvalue weighted by molar-refractivity contribution is -0.384. The molecule has 0 amide bonds. The van der Waals surface area contributed by atoms with Gasteiger partial charge in [0.05, 0.1) is 40.5 Å². The van der Waals surface area contributed by atoms with Gasteiger partial charge in [-0.2, -0.15) is 0 Å². The number of non-ortho nitro benzene ring substituents is 1. The lowest BCUT2D eigenvalue weighted by atomic mass is 9.93. The Balaban J connectivity index is 1.53. The molecule has 1 aliphatic heterocycles. The molecule has 0 spiro atoms. The molecule has 1 atom stereocenters. The second-order valence-corrected chi connectivity index (χ2v) is 10.7. The number of thiazole rings is 1. The number of rotatable bonds is 8. The maximum absolute atomic E-state index is 14.1. The smallest absolute Gasteiger partial charge is 0.338 e. The Labute approximate surface area is 254 Å². The highest BCUT2D eigenvalue weighted by Crippen LogP contribution is 2.36. The number of aromatic nitrogens is 1. The molecule has 3 heterocycles. The van der Waals surface area contributed by atoms with Gasteiger partial charge in [-0.3, -0.25) is 19.5 Å². The van der Waals surface area contributed by atoms with E-state index in [2.05, 4.69) is 0 Å². The number of hydrogen-bond donors (Lipinski definition) is 0. The van der Waals surface area contributed by atoms with Crippen molar-refractivity contribution in [3.8, 4) is 17.1 Å². The standard InChI is InChI=1S/C33H25N3O7S/c1-3-42-32(38)28-29(21-8-5-4-6-9-21)34-33-35(30(28)22-10-7-11-24(18-22)41-2)31(37)27(44-33)19-25-16-17-26(43-25)20-12-14-23(15-13-20)36(39)40/h4-19,30H,3H2,1-2H3/b27-19-/t30-/m0/s1. The molecule has 11 heteroatoms. The van der Waals surface area contributed by atoms with Crippen molar-refractivity contribution < 1.29 is 23.6 Å². The van der Waals surface area contributed by atoms with E-state index in [9.17, 15) is 19.7 Å². The summed E-state index contributed by atoms with van der Waals surface area (Å²) in [4.78, 5) is 43.5. The molecule has 44 heavy (non-hydrogen) atoms. The zero-order valence-corrected chi connectivity index (χ0v) is 24.4. The van der Waals surface area contributed by atoms with Gasteiger partial charge in [0.25, 0.3) is 11.2 Å². The highest BCUT2D eigenvalue weighted by Gasteiger charge is 2.35. The van der Waals surface area contributed by atoms with Crippen molar-refractivity contribution in [3.63, 3.8) is 0 Å². The van der Waals surface area contributed by atoms with Crippen LogP contribution in [0, 0.1) is 10.1 Å². The topological polar surface area (TPSA) is 126 Å². The quantitative estimate of drug-likeness (QED) is 0.136. The van der Waals surface area contributed by atoms with Crippen molar-refractivity contribution in [1.29, 1.82) is 0 Å². The molecule has 0 saturated heterocycles. The van der Waals surface area contributed by atoms with Crippen molar-refractivity contribution in [3.05, 3.63) is 143 Å². The number of carbonyl (C=O) groups excluding carboxylic acids is 1. The summed E-state index contributed by atoms with van der Waals surface area (Å²) in [5, 5.41) is 11.0. The van der Waals surface area contributed by atoms with Gasteiger partial charge < -0.3 is 13.9 Å². The fourth-order valence-corrected chi connectivity index (χ4v) is 6.01. The number of esters is 1. The predicted octanol–water partition coefficient (Wildman–Crippen LogP) is 5.11. The van der Waals surface area contributed by atoms with Crippen LogP contribution >= 0.6 is 11.3 Å². The van der Waals surface area contributed by atoms with E-state index < -0.39 is 16.9 Å². The van der Waals surface area contributed by atoms with Crippen LogP contribution < -0.4 is 19.6 Å². The first kappa shape index (κ1) is 28.6. The minimum Gasteiger partial charge on any atom is -0.497 e. The average molecular weight is 608 g/mol. The summed E-state index contributed by atoms with van der Waals surface area (Å²) < 4.78 is 18.8. The van der Waals surface area contributed by atoms with Crippen molar-refractivity contribution >= 4 is 34.8 Å². The normalized spacial score (nSPS) is 14.6. The van der Waals surface area contributed by atoms with E-state index in [1.807, 2.05) is 36.4 Å². The van der Waals surface area contributed by atoms with Gasteiger partial charge in [-0.15, -0.1) is 0 Å². The van der Waals surface area contributed by atoms with Gasteiger partial charge in [-0.1, -0.05) is 53.8 Å². The molecule has 220 valence electrons. The Hall–Kier alpha value is -5.55. The third-order valence-corrected chi connectivity index (χ3v) is 8.03. The zero-order chi connectivity index (χ0) is 30.8. The Kier molecular flexibility index (Phi) is 7.78. The first-order chi connectivity index (χ1) is 21.4. The average Bonchev–Trinajstić information content (AvgIpc) is 3.64. The van der Waals surface area contributed by atoms with Crippen LogP contribution in [0.3, 0.4) is 0 Å². The van der Waals surface area contributed by atoms with Crippen LogP contribution in [0.1, 0.15) is 29.9 Å². The van der Waals surface area contributed by atoms with Crippen LogP contribution in [0.4, 0.5) is 5.69 Å². The van der Waals surface area contributed by atoms with Gasteiger partial charge in [-0.25, -0.2) is 9.79 Å². The zero-order valence-electron chi connectivity index (χ0n) is 23.6. The molecule has 0 radical (unpaired) electrons. The molecule has 0 N–H and O–H groups in total. The lowest BCUT2D eigenvalue weighted by Crippen LogP contribution is -2.40. The summed E-state index contributed by atoms with van der Waals surface area (Å²) in [5.41, 5.74) is 2.29. The Morgan fingerprint density at radius 3 is 2.52 bits per heavy atom. The van der Waals surface area contributed by atoms with Gasteiger partial charge in [0.15, 0.2) is 4.80 Å². The van der Waals surface area contributed by atoms with E-state index in [1.165, 1.54) is 28.0 Å². The summed E-state index contributed by atoms with van der Waals surface area (Å²) in [6, 6.07) is 25.1. The Morgan fingerprint density at radius 1 is 1.05 bits per heavy atom. The molecule has 1 aliphatic rings. The molecule has 2 aromatic heterocycles. The molecule has 10 nitrogen and oxygen atoms in total. The molecule has 0 aliphatic carbocycles. The molecule has 0 unspecified atom stereocenters. The number of nitrogens with zero attached hydrogens (tertiary/aromatic N) is 3. The van der Waals surface area contributed by atoms with Gasteiger partial charge in [0.2, 0.25) is 0 Å². The first-order valence-corrected chi connectivity index (χ1v) is 14.5. The van der Waals surface area contributed by atoms with Crippen LogP contribution in [0.2, 0.25) is 0 Å². The largest absolute Gasteiger partial charge is 0.497 e. The van der Waals surface area contributed by atoms with Crippen LogP contribution in [0.15, 0.2) is 111 Å². The summed E-state index contributed by atoms with van der Waals surface area (Å²) >= 11 is 1.18. The highest BCUT2D eigenvalue weighted by molar-refractivity contribution is 7.07. The number of fused-ring (bicyclic) bond motifs is 1. The third kappa shape index (κ3) is 5.36. The summed E-state index contributed by atoms with van der Waals surface area (Å²) in [7, 11) is 1.55. The minimum absolute atomic E-state index is 0.0238. The molecule has 3 aromatic carbocycles. The maximum atomic E-state index is 14.1. The number of benzene rings is 3. The number of hydrogen-bond acceptors (Lipinski definition) is 9. The van der Waals surface area contributed by atoms with E-state index >= 15 is 0 Å². The van der Waals surface area contributed by atoms with E-state index in [1.54, 1.807) is 62.6 Å². The fourth-order valence-electron chi connectivity index (χ4n) is 5.03. The number of furan rings is 1. The second kappa shape index (κ2) is 12.0. The number of carbonyl (C=O) groups is 1. The van der Waals surface area contributed by atoms with Crippen molar-refractivity contribution in [2.75, 3.05) is 13.7 Å². The summed E-state index contributed by atoms with van der Waals surface area (Å²) in [6.07, 6.45) is 1.62. The summed E-state index contributed by atoms with van der Waals surface area (Å²) in [6.45, 7) is 1.87. The molecule has 0 saturated carbocycles. The number of ether oxygens (including phenoxy) is 2. The Bertz CT molecular complexity index is 2090. The predicted molar refractivity (Wildman–Crippen MR) is 165 cm³/mol. The van der Waals surface area contributed by atoms with E-state index in [0.717, 1.165) is 0 Å². The van der Waals surface area contributed by atoms with Gasteiger partial charge in [-0.05, 0) is 48.9 Å². The van der Waals surface area contributed by atoms with Gasteiger partial charge in [0, 0.05) is 29.3 Å². The highest BCUT2D eigenvalue weighted by atomic mass is 32.1. The second-order valence-electron chi connectivity index (χ2n) is 9.71. The van der Waals surface area contributed by atoms with E-state index in [-0.39, 0.29) is 23.4 Å². The van der Waals surface area contributed by atoms with E-state index in [0.29, 0.717) is 49.0 Å². The number of nitro benzene ring substituents is 1. The number of nitro groups is 1. The van der Waals surface area contributed by atoms with Crippen LogP contribution in [0.25, 0.3) is 23.1 Å². The molecule has 5 aromatic rings. The number of methoxy groups -OCH3 is 1. The van der Waals surface area contributed by atoms with E-state index in [4.69, 9.17) is 18.9 Å². The SMILES string of the molecule is CCOC(=O)C1=C(c2ccccc2)N=c2s/c(=C\c3ccc(-c4ccc([N+](=O)[O-])cc4)o3)c(=O)n2[C@H]1c1cccc(OC)c1.